The minimum Gasteiger partial charge on any atom is -0.481 e. The summed E-state index contributed by atoms with van der Waals surface area (Å²) in [6.07, 6.45) is 4.46. The van der Waals surface area contributed by atoms with Crippen LogP contribution in [0.5, 0.6) is 0 Å². The van der Waals surface area contributed by atoms with Crippen LogP contribution in [0.1, 0.15) is 25.3 Å². The van der Waals surface area contributed by atoms with Crippen molar-refractivity contribution in [3.8, 4) is 0 Å². The number of nitrogens with one attached hydrogen (secondary N) is 1. The number of carboxylic acids is 1. The van der Waals surface area contributed by atoms with Gasteiger partial charge in [-0.15, -0.1) is 0 Å². The van der Waals surface area contributed by atoms with Gasteiger partial charge in [0.05, 0.1) is 0 Å². The molecule has 1 rings (SSSR count). The number of hydrogen-bond donors (Lipinski definition) is 2. The number of carbonyl (C=O) groups is 2. The summed E-state index contributed by atoms with van der Waals surface area (Å²) in [7, 11) is 0. The molecule has 1 unspecified atom stereocenters. The molecule has 0 aliphatic rings. The molecular formula is C12H16N2O3. The molecule has 1 aromatic heterocycles. The predicted octanol–water partition coefficient (Wildman–Crippen LogP) is 0.994. The molecule has 5 nitrogen and oxygen atoms in total. The van der Waals surface area contributed by atoms with Gasteiger partial charge >= 0.3 is 5.97 Å². The zero-order valence-corrected chi connectivity index (χ0v) is 9.72. The number of rotatable bonds is 6. The third kappa shape index (κ3) is 5.65. The normalized spacial score (nSPS) is 11.8. The summed E-state index contributed by atoms with van der Waals surface area (Å²) in [6, 6.07) is 3.57. The topological polar surface area (TPSA) is 79.3 Å². The molecule has 0 aromatic carbocycles. The second kappa shape index (κ2) is 6.62. The van der Waals surface area contributed by atoms with Crippen molar-refractivity contribution in [1.29, 1.82) is 0 Å². The quantitative estimate of drug-likeness (QED) is 0.772. The molecule has 0 saturated carbocycles. The van der Waals surface area contributed by atoms with E-state index in [0.717, 1.165) is 5.56 Å². The molecule has 0 radical (unpaired) electrons. The van der Waals surface area contributed by atoms with Gasteiger partial charge in [-0.2, -0.15) is 0 Å². The number of hydrogen-bond acceptors (Lipinski definition) is 3. The van der Waals surface area contributed by atoms with Gasteiger partial charge in [-0.05, 0) is 30.5 Å². The number of amides is 1. The lowest BCUT2D eigenvalue weighted by atomic mass is 10.0. The van der Waals surface area contributed by atoms with Crippen LogP contribution < -0.4 is 5.32 Å². The van der Waals surface area contributed by atoms with Crippen LogP contribution in [0.3, 0.4) is 0 Å². The molecule has 0 saturated heterocycles. The Morgan fingerprint density at radius 2 is 2.06 bits per heavy atom. The Hall–Kier alpha value is -1.91. The highest BCUT2D eigenvalue weighted by Gasteiger charge is 2.12. The number of pyridine rings is 1. The zero-order valence-electron chi connectivity index (χ0n) is 9.72. The van der Waals surface area contributed by atoms with Crippen molar-refractivity contribution in [3.63, 3.8) is 0 Å². The molecule has 0 spiro atoms. The van der Waals surface area contributed by atoms with E-state index in [9.17, 15) is 9.59 Å². The third-order valence-electron chi connectivity index (χ3n) is 2.35. The predicted molar refractivity (Wildman–Crippen MR) is 62.4 cm³/mol. The van der Waals surface area contributed by atoms with Crippen molar-refractivity contribution in [3.05, 3.63) is 30.1 Å². The number of carboxylic acid groups (broad SMARTS) is 1. The van der Waals surface area contributed by atoms with E-state index in [1.807, 2.05) is 12.1 Å². The molecule has 0 aliphatic carbocycles. The molecule has 17 heavy (non-hydrogen) atoms. The number of aliphatic carboxylic acids is 1. The molecule has 2 N–H and O–H groups in total. The zero-order chi connectivity index (χ0) is 12.7. The molecule has 1 aromatic rings. The number of aromatic nitrogens is 1. The average molecular weight is 236 g/mol. The number of nitrogens with zero attached hydrogens (tertiary/aromatic N) is 1. The fourth-order valence-corrected chi connectivity index (χ4v) is 1.61. The van der Waals surface area contributed by atoms with E-state index in [-0.39, 0.29) is 18.4 Å². The van der Waals surface area contributed by atoms with E-state index >= 15 is 0 Å². The van der Waals surface area contributed by atoms with Crippen LogP contribution in [0.15, 0.2) is 24.5 Å². The molecule has 1 amide bonds. The minimum absolute atomic E-state index is 0.0516. The van der Waals surface area contributed by atoms with Crippen LogP contribution in [0.25, 0.3) is 0 Å². The monoisotopic (exact) mass is 236 g/mol. The van der Waals surface area contributed by atoms with Crippen molar-refractivity contribution in [2.75, 3.05) is 0 Å². The van der Waals surface area contributed by atoms with Crippen LogP contribution in [-0.4, -0.2) is 28.0 Å². The van der Waals surface area contributed by atoms with Crippen molar-refractivity contribution < 1.29 is 14.7 Å². The highest BCUT2D eigenvalue weighted by Crippen LogP contribution is 2.07. The Morgan fingerprint density at radius 3 is 2.59 bits per heavy atom. The van der Waals surface area contributed by atoms with Crippen molar-refractivity contribution in [2.24, 2.45) is 0 Å². The van der Waals surface area contributed by atoms with Gasteiger partial charge in [0, 0.05) is 31.8 Å². The maximum Gasteiger partial charge on any atom is 0.303 e. The largest absolute Gasteiger partial charge is 0.481 e. The van der Waals surface area contributed by atoms with E-state index < -0.39 is 5.97 Å². The highest BCUT2D eigenvalue weighted by atomic mass is 16.4. The molecule has 0 fully saturated rings. The van der Waals surface area contributed by atoms with Crippen LogP contribution in [-0.2, 0) is 16.0 Å². The third-order valence-corrected chi connectivity index (χ3v) is 2.35. The maximum atomic E-state index is 11.0. The SMILES string of the molecule is CC(=O)NC(CCC(=O)O)Cc1ccncc1. The fourth-order valence-electron chi connectivity index (χ4n) is 1.61. The summed E-state index contributed by atoms with van der Waals surface area (Å²) in [4.78, 5) is 25.4. The molecular weight excluding hydrogens is 220 g/mol. The Morgan fingerprint density at radius 1 is 1.41 bits per heavy atom. The van der Waals surface area contributed by atoms with Gasteiger partial charge in [-0.25, -0.2) is 0 Å². The minimum atomic E-state index is -0.852. The van der Waals surface area contributed by atoms with E-state index in [2.05, 4.69) is 10.3 Å². The van der Waals surface area contributed by atoms with E-state index in [4.69, 9.17) is 5.11 Å². The lowest BCUT2D eigenvalue weighted by Crippen LogP contribution is -2.35. The maximum absolute atomic E-state index is 11.0. The van der Waals surface area contributed by atoms with Crippen LogP contribution in [0, 0.1) is 0 Å². The Labute approximate surface area is 99.9 Å². The van der Waals surface area contributed by atoms with Crippen molar-refractivity contribution in [1.82, 2.24) is 10.3 Å². The van der Waals surface area contributed by atoms with E-state index in [1.165, 1.54) is 6.92 Å². The standard InChI is InChI=1S/C12H16N2O3/c1-9(15)14-11(2-3-12(16)17)8-10-4-6-13-7-5-10/h4-7,11H,2-3,8H2,1H3,(H,14,15)(H,16,17). The van der Waals surface area contributed by atoms with Gasteiger partial charge in [0.15, 0.2) is 0 Å². The van der Waals surface area contributed by atoms with Gasteiger partial charge < -0.3 is 10.4 Å². The Balaban J connectivity index is 2.56. The Kier molecular flexibility index (Phi) is 5.13. The molecule has 5 heteroatoms. The first-order valence-corrected chi connectivity index (χ1v) is 5.45. The average Bonchev–Trinajstić information content (AvgIpc) is 2.26. The summed E-state index contributed by atoms with van der Waals surface area (Å²) in [6.45, 7) is 1.43. The van der Waals surface area contributed by atoms with Crippen LogP contribution in [0.4, 0.5) is 0 Å². The van der Waals surface area contributed by atoms with Crippen LogP contribution in [0.2, 0.25) is 0 Å². The number of carbonyl (C=O) groups excluding carboxylic acids is 1. The van der Waals surface area contributed by atoms with E-state index in [0.29, 0.717) is 12.8 Å². The van der Waals surface area contributed by atoms with Gasteiger partial charge in [0.1, 0.15) is 0 Å². The first-order valence-electron chi connectivity index (χ1n) is 5.45. The van der Waals surface area contributed by atoms with E-state index in [1.54, 1.807) is 12.4 Å². The van der Waals surface area contributed by atoms with Gasteiger partial charge in [-0.1, -0.05) is 0 Å². The summed E-state index contributed by atoms with van der Waals surface area (Å²) in [5.41, 5.74) is 1.03. The summed E-state index contributed by atoms with van der Waals surface area (Å²) < 4.78 is 0. The Bertz CT molecular complexity index is 379. The first-order chi connectivity index (χ1) is 8.08. The first kappa shape index (κ1) is 13.2. The summed E-state index contributed by atoms with van der Waals surface area (Å²) in [5.74, 6) is -0.996. The van der Waals surface area contributed by atoms with Gasteiger partial charge in [0.25, 0.3) is 0 Å². The fraction of sp³-hybridized carbons (Fsp3) is 0.417. The van der Waals surface area contributed by atoms with Crippen LogP contribution >= 0.6 is 0 Å². The smallest absolute Gasteiger partial charge is 0.303 e. The van der Waals surface area contributed by atoms with Gasteiger partial charge in [0.2, 0.25) is 5.91 Å². The second-order valence-corrected chi connectivity index (χ2v) is 3.89. The molecule has 0 bridgehead atoms. The van der Waals surface area contributed by atoms with Crippen molar-refractivity contribution in [2.45, 2.75) is 32.2 Å². The van der Waals surface area contributed by atoms with Crippen molar-refractivity contribution >= 4 is 11.9 Å². The highest BCUT2D eigenvalue weighted by molar-refractivity contribution is 5.73. The second-order valence-electron chi connectivity index (χ2n) is 3.89. The molecule has 0 aliphatic heterocycles. The molecule has 1 atom stereocenters. The molecule has 92 valence electrons. The lowest BCUT2D eigenvalue weighted by molar-refractivity contribution is -0.137. The van der Waals surface area contributed by atoms with Gasteiger partial charge in [-0.3, -0.25) is 14.6 Å². The molecule has 1 heterocycles. The summed E-state index contributed by atoms with van der Waals surface area (Å²) in [5, 5.41) is 11.4. The lowest BCUT2D eigenvalue weighted by Gasteiger charge is -2.16. The summed E-state index contributed by atoms with van der Waals surface area (Å²) >= 11 is 0.